The van der Waals surface area contributed by atoms with E-state index < -0.39 is 0 Å². The first-order valence-electron chi connectivity index (χ1n) is 7.24. The lowest BCUT2D eigenvalue weighted by molar-refractivity contribution is 0.0526. The van der Waals surface area contributed by atoms with Crippen LogP contribution in [0.2, 0.25) is 0 Å². The lowest BCUT2D eigenvalue weighted by atomic mass is 9.98. The molecule has 1 atom stereocenters. The number of rotatable bonds is 3. The topological polar surface area (TPSA) is 56.1 Å². The first kappa shape index (κ1) is 13.7. The number of benzene rings is 1. The van der Waals surface area contributed by atoms with Crippen molar-refractivity contribution in [2.75, 3.05) is 18.5 Å². The third kappa shape index (κ3) is 2.51. The number of hydrogen-bond donors (Lipinski definition) is 1. The Balaban J connectivity index is 1.88. The van der Waals surface area contributed by atoms with E-state index in [1.807, 2.05) is 36.7 Å². The third-order valence-corrected chi connectivity index (χ3v) is 3.79. The van der Waals surface area contributed by atoms with Crippen molar-refractivity contribution < 1.29 is 9.53 Å². The van der Waals surface area contributed by atoms with Crippen molar-refractivity contribution in [1.82, 2.24) is 9.78 Å². The average Bonchev–Trinajstić information content (AvgIpc) is 2.83. The molecule has 0 fully saturated rings. The van der Waals surface area contributed by atoms with Crippen molar-refractivity contribution >= 4 is 11.8 Å². The van der Waals surface area contributed by atoms with Gasteiger partial charge in [0.25, 0.3) is 0 Å². The number of carbonyl (C=O) groups is 1. The van der Waals surface area contributed by atoms with Gasteiger partial charge in [-0.25, -0.2) is 9.48 Å². The Kier molecular flexibility index (Phi) is 3.64. The fraction of sp³-hybridized carbons (Fsp3) is 0.375. The van der Waals surface area contributed by atoms with Gasteiger partial charge in [-0.05, 0) is 19.4 Å². The lowest BCUT2D eigenvalue weighted by Crippen LogP contribution is -2.27. The van der Waals surface area contributed by atoms with Gasteiger partial charge in [-0.3, -0.25) is 0 Å². The Hall–Kier alpha value is -2.30. The van der Waals surface area contributed by atoms with Gasteiger partial charge in [0, 0.05) is 12.5 Å². The summed E-state index contributed by atoms with van der Waals surface area (Å²) in [5.74, 6) is 0.827. The fourth-order valence-corrected chi connectivity index (χ4v) is 2.78. The van der Waals surface area contributed by atoms with E-state index in [0.717, 1.165) is 18.9 Å². The maximum atomic E-state index is 12.0. The molecule has 1 aliphatic rings. The fourth-order valence-electron chi connectivity index (χ4n) is 2.78. The molecule has 1 N–H and O–H groups in total. The largest absolute Gasteiger partial charge is 0.462 e. The van der Waals surface area contributed by atoms with E-state index in [1.165, 1.54) is 5.56 Å². The van der Waals surface area contributed by atoms with E-state index >= 15 is 0 Å². The second kappa shape index (κ2) is 5.60. The molecule has 2 heterocycles. The summed E-state index contributed by atoms with van der Waals surface area (Å²) in [6, 6.07) is 10.4. The third-order valence-electron chi connectivity index (χ3n) is 3.79. The molecule has 0 radical (unpaired) electrons. The number of aryl methyl sites for hydroxylation is 1. The Labute approximate surface area is 123 Å². The van der Waals surface area contributed by atoms with Crippen LogP contribution in [-0.4, -0.2) is 28.9 Å². The molecule has 5 nitrogen and oxygen atoms in total. The standard InChI is InChI=1S/C16H19N3O2/c1-3-21-16(20)14-11(2)18-19-10-13(9-17-15(14)19)12-7-5-4-6-8-12/h4-8,13,17H,3,9-10H2,1-2H3. The minimum atomic E-state index is -0.304. The Morgan fingerprint density at radius 3 is 2.90 bits per heavy atom. The van der Waals surface area contributed by atoms with Gasteiger partial charge in [-0.1, -0.05) is 30.3 Å². The van der Waals surface area contributed by atoms with Crippen LogP contribution >= 0.6 is 0 Å². The van der Waals surface area contributed by atoms with Crippen LogP contribution in [0.15, 0.2) is 30.3 Å². The van der Waals surface area contributed by atoms with Crippen LogP contribution in [0.25, 0.3) is 0 Å². The molecule has 0 amide bonds. The van der Waals surface area contributed by atoms with E-state index in [9.17, 15) is 4.79 Å². The predicted octanol–water partition coefficient (Wildman–Crippen LogP) is 2.58. The second-order valence-corrected chi connectivity index (χ2v) is 5.20. The number of aromatic nitrogens is 2. The van der Waals surface area contributed by atoms with Crippen molar-refractivity contribution in [3.05, 3.63) is 47.2 Å². The van der Waals surface area contributed by atoms with E-state index in [1.54, 1.807) is 0 Å². The summed E-state index contributed by atoms with van der Waals surface area (Å²) >= 11 is 0. The molecule has 0 saturated carbocycles. The van der Waals surface area contributed by atoms with Gasteiger partial charge in [0.15, 0.2) is 0 Å². The average molecular weight is 285 g/mol. The smallest absolute Gasteiger partial charge is 0.343 e. The van der Waals surface area contributed by atoms with Crippen LogP contribution in [0.4, 0.5) is 5.82 Å². The molecule has 110 valence electrons. The zero-order chi connectivity index (χ0) is 14.8. The van der Waals surface area contributed by atoms with Crippen LogP contribution in [0.5, 0.6) is 0 Å². The highest BCUT2D eigenvalue weighted by Gasteiger charge is 2.28. The Bertz CT molecular complexity index is 649. The lowest BCUT2D eigenvalue weighted by Gasteiger charge is -2.25. The van der Waals surface area contributed by atoms with Crippen LogP contribution in [0.1, 0.15) is 34.5 Å². The van der Waals surface area contributed by atoms with Gasteiger partial charge in [0.05, 0.1) is 18.8 Å². The number of nitrogens with one attached hydrogen (secondary N) is 1. The van der Waals surface area contributed by atoms with Crippen molar-refractivity contribution in [2.24, 2.45) is 0 Å². The number of hydrogen-bond acceptors (Lipinski definition) is 4. The molecule has 2 aromatic rings. The van der Waals surface area contributed by atoms with Gasteiger partial charge in [-0.15, -0.1) is 0 Å². The maximum Gasteiger partial charge on any atom is 0.343 e. The van der Waals surface area contributed by atoms with Crippen molar-refractivity contribution in [3.63, 3.8) is 0 Å². The molecule has 0 aliphatic carbocycles. The van der Waals surface area contributed by atoms with Gasteiger partial charge in [0.2, 0.25) is 0 Å². The summed E-state index contributed by atoms with van der Waals surface area (Å²) in [5.41, 5.74) is 2.55. The SMILES string of the molecule is CCOC(=O)c1c(C)nn2c1NCC(c1ccccc1)C2. The molecule has 1 aromatic carbocycles. The number of nitrogens with zero attached hydrogens (tertiary/aromatic N) is 2. The van der Waals surface area contributed by atoms with E-state index in [2.05, 4.69) is 22.5 Å². The first-order chi connectivity index (χ1) is 10.2. The molecule has 0 spiro atoms. The van der Waals surface area contributed by atoms with Crippen molar-refractivity contribution in [1.29, 1.82) is 0 Å². The molecular weight excluding hydrogens is 266 g/mol. The van der Waals surface area contributed by atoms with E-state index in [-0.39, 0.29) is 5.97 Å². The van der Waals surface area contributed by atoms with Crippen molar-refractivity contribution in [3.8, 4) is 0 Å². The van der Waals surface area contributed by atoms with Crippen LogP contribution < -0.4 is 5.32 Å². The van der Waals surface area contributed by atoms with Crippen molar-refractivity contribution in [2.45, 2.75) is 26.3 Å². The molecule has 21 heavy (non-hydrogen) atoms. The van der Waals surface area contributed by atoms with E-state index in [0.29, 0.717) is 23.8 Å². The first-order valence-corrected chi connectivity index (χ1v) is 7.24. The summed E-state index contributed by atoms with van der Waals surface area (Å²) in [7, 11) is 0. The summed E-state index contributed by atoms with van der Waals surface area (Å²) in [5, 5.41) is 7.82. The minimum absolute atomic E-state index is 0.304. The predicted molar refractivity (Wildman–Crippen MR) is 80.6 cm³/mol. The summed E-state index contributed by atoms with van der Waals surface area (Å²) in [4.78, 5) is 12.0. The summed E-state index contributed by atoms with van der Waals surface area (Å²) in [6.07, 6.45) is 0. The molecule has 0 bridgehead atoms. The van der Waals surface area contributed by atoms with Crippen LogP contribution in [0.3, 0.4) is 0 Å². The maximum absolute atomic E-state index is 12.0. The highest BCUT2D eigenvalue weighted by Crippen LogP contribution is 2.29. The number of fused-ring (bicyclic) bond motifs is 1. The van der Waals surface area contributed by atoms with E-state index in [4.69, 9.17) is 4.74 Å². The molecular formula is C16H19N3O2. The highest BCUT2D eigenvalue weighted by atomic mass is 16.5. The Morgan fingerprint density at radius 1 is 1.43 bits per heavy atom. The molecule has 1 unspecified atom stereocenters. The number of ether oxygens (including phenoxy) is 1. The monoisotopic (exact) mass is 285 g/mol. The molecule has 5 heteroatoms. The van der Waals surface area contributed by atoms with Crippen LogP contribution in [0, 0.1) is 6.92 Å². The molecule has 3 rings (SSSR count). The number of esters is 1. The molecule has 0 saturated heterocycles. The van der Waals surface area contributed by atoms with Gasteiger partial charge >= 0.3 is 5.97 Å². The van der Waals surface area contributed by atoms with Gasteiger partial charge in [0.1, 0.15) is 11.4 Å². The van der Waals surface area contributed by atoms with Gasteiger partial charge in [-0.2, -0.15) is 5.10 Å². The number of carbonyl (C=O) groups excluding carboxylic acids is 1. The zero-order valence-corrected chi connectivity index (χ0v) is 12.3. The van der Waals surface area contributed by atoms with Gasteiger partial charge < -0.3 is 10.1 Å². The molecule has 1 aliphatic heterocycles. The second-order valence-electron chi connectivity index (χ2n) is 5.20. The minimum Gasteiger partial charge on any atom is -0.462 e. The zero-order valence-electron chi connectivity index (χ0n) is 12.3. The number of anilines is 1. The summed E-state index contributed by atoms with van der Waals surface area (Å²) in [6.45, 7) is 5.59. The molecule has 1 aromatic heterocycles. The van der Waals surface area contributed by atoms with Crippen LogP contribution in [-0.2, 0) is 11.3 Å². The summed E-state index contributed by atoms with van der Waals surface area (Å²) < 4.78 is 6.99. The highest BCUT2D eigenvalue weighted by molar-refractivity contribution is 5.96. The quantitative estimate of drug-likeness (QED) is 0.881. The Morgan fingerprint density at radius 2 is 2.19 bits per heavy atom. The normalized spacial score (nSPS) is 17.0.